The normalized spacial score (nSPS) is 10.8. The van der Waals surface area contributed by atoms with Crippen molar-refractivity contribution in [2.24, 2.45) is 5.10 Å². The van der Waals surface area contributed by atoms with Crippen molar-refractivity contribution in [2.45, 2.75) is 13.3 Å². The van der Waals surface area contributed by atoms with Gasteiger partial charge in [0.2, 0.25) is 5.82 Å². The molecule has 0 spiro atoms. The lowest BCUT2D eigenvalue weighted by atomic mass is 10.2. The maximum absolute atomic E-state index is 13.5. The molecule has 0 fully saturated rings. The van der Waals surface area contributed by atoms with Gasteiger partial charge >= 0.3 is 0 Å². The predicted octanol–water partition coefficient (Wildman–Crippen LogP) is 4.20. The smallest absolute Gasteiger partial charge is 0.200 e. The van der Waals surface area contributed by atoms with E-state index in [1.165, 1.54) is 12.3 Å². The highest BCUT2D eigenvalue weighted by Crippen LogP contribution is 2.21. The Hall–Kier alpha value is -2.43. The van der Waals surface area contributed by atoms with E-state index in [1.807, 2.05) is 37.3 Å². The highest BCUT2D eigenvalue weighted by molar-refractivity contribution is 5.81. The third-order valence-corrected chi connectivity index (χ3v) is 2.66. The van der Waals surface area contributed by atoms with Crippen LogP contribution in [-0.2, 0) is 0 Å². The van der Waals surface area contributed by atoms with Crippen LogP contribution < -0.4 is 10.2 Å². The third-order valence-electron chi connectivity index (χ3n) is 2.66. The number of nitrogens with zero attached hydrogens (tertiary/aromatic N) is 1. The second kappa shape index (κ2) is 7.38. The van der Waals surface area contributed by atoms with Gasteiger partial charge < -0.3 is 4.74 Å². The second-order valence-corrected chi connectivity index (χ2v) is 4.40. The van der Waals surface area contributed by atoms with Gasteiger partial charge in [0, 0.05) is 5.56 Å². The molecule has 0 aromatic heterocycles. The molecule has 0 radical (unpaired) electrons. The van der Waals surface area contributed by atoms with Crippen LogP contribution >= 0.6 is 0 Å². The number of nitrogens with one attached hydrogen (secondary N) is 1. The quantitative estimate of drug-likeness (QED) is 0.639. The molecule has 0 amide bonds. The Morgan fingerprint density at radius 3 is 2.67 bits per heavy atom. The topological polar surface area (TPSA) is 33.6 Å². The third kappa shape index (κ3) is 4.27. The molecule has 21 heavy (non-hydrogen) atoms. The van der Waals surface area contributed by atoms with Crippen LogP contribution in [0, 0.1) is 11.6 Å². The predicted molar refractivity (Wildman–Crippen MR) is 79.8 cm³/mol. The highest BCUT2D eigenvalue weighted by atomic mass is 19.2. The Kier molecular flexibility index (Phi) is 5.26. The summed E-state index contributed by atoms with van der Waals surface area (Å²) in [7, 11) is 0. The molecule has 2 rings (SSSR count). The summed E-state index contributed by atoms with van der Waals surface area (Å²) < 4.78 is 32.2. The fourth-order valence-electron chi connectivity index (χ4n) is 1.67. The summed E-state index contributed by atoms with van der Waals surface area (Å²) in [5.74, 6) is -2.03. The zero-order chi connectivity index (χ0) is 15.1. The van der Waals surface area contributed by atoms with Crippen LogP contribution in [0.15, 0.2) is 47.6 Å². The molecule has 0 aliphatic carbocycles. The van der Waals surface area contributed by atoms with E-state index in [0.717, 1.165) is 18.2 Å². The molecule has 3 nitrogen and oxygen atoms in total. The Morgan fingerprint density at radius 2 is 1.95 bits per heavy atom. The fourth-order valence-corrected chi connectivity index (χ4v) is 1.67. The van der Waals surface area contributed by atoms with Gasteiger partial charge in [-0.2, -0.15) is 9.49 Å². The van der Waals surface area contributed by atoms with Gasteiger partial charge in [-0.15, -0.1) is 0 Å². The van der Waals surface area contributed by atoms with Crippen LogP contribution in [-0.4, -0.2) is 12.8 Å². The molecule has 0 aliphatic rings. The Labute approximate surface area is 122 Å². The number of hydrogen-bond donors (Lipinski definition) is 1. The molecule has 110 valence electrons. The van der Waals surface area contributed by atoms with Crippen LogP contribution in [0.3, 0.4) is 0 Å². The SMILES string of the molecule is CCCOc1cc(C=NNc2ccccc2)cc(F)c1F. The lowest BCUT2D eigenvalue weighted by molar-refractivity contribution is 0.295. The van der Waals surface area contributed by atoms with Crippen molar-refractivity contribution in [1.29, 1.82) is 0 Å². The number of hydrogen-bond acceptors (Lipinski definition) is 3. The number of ether oxygens (including phenoxy) is 1. The Morgan fingerprint density at radius 1 is 1.19 bits per heavy atom. The summed E-state index contributed by atoms with van der Waals surface area (Å²) in [5.41, 5.74) is 4.03. The van der Waals surface area contributed by atoms with Gasteiger partial charge in [-0.05, 0) is 30.7 Å². The number of rotatable bonds is 6. The summed E-state index contributed by atoms with van der Waals surface area (Å²) in [6, 6.07) is 11.8. The molecule has 0 saturated carbocycles. The first-order valence-corrected chi connectivity index (χ1v) is 6.66. The lowest BCUT2D eigenvalue weighted by Crippen LogP contribution is -2.01. The van der Waals surface area contributed by atoms with Gasteiger partial charge in [-0.25, -0.2) is 4.39 Å². The summed E-state index contributed by atoms with van der Waals surface area (Å²) in [5, 5.41) is 3.98. The summed E-state index contributed by atoms with van der Waals surface area (Å²) in [6.45, 7) is 2.22. The maximum atomic E-state index is 13.5. The lowest BCUT2D eigenvalue weighted by Gasteiger charge is -2.07. The molecule has 2 aromatic rings. The van der Waals surface area contributed by atoms with E-state index < -0.39 is 11.6 Å². The zero-order valence-electron chi connectivity index (χ0n) is 11.6. The summed E-state index contributed by atoms with van der Waals surface area (Å²) in [4.78, 5) is 0. The van der Waals surface area contributed by atoms with Crippen molar-refractivity contribution in [3.8, 4) is 5.75 Å². The van der Waals surface area contributed by atoms with Crippen molar-refractivity contribution in [2.75, 3.05) is 12.0 Å². The van der Waals surface area contributed by atoms with E-state index in [2.05, 4.69) is 10.5 Å². The van der Waals surface area contributed by atoms with Gasteiger partial charge in [-0.1, -0.05) is 25.1 Å². The van der Waals surface area contributed by atoms with Crippen molar-refractivity contribution in [3.63, 3.8) is 0 Å². The van der Waals surface area contributed by atoms with Crippen molar-refractivity contribution in [3.05, 3.63) is 59.7 Å². The molecule has 0 unspecified atom stereocenters. The maximum Gasteiger partial charge on any atom is 0.200 e. The van der Waals surface area contributed by atoms with Gasteiger partial charge in [0.1, 0.15) is 0 Å². The molecular weight excluding hydrogens is 274 g/mol. The minimum Gasteiger partial charge on any atom is -0.490 e. The monoisotopic (exact) mass is 290 g/mol. The molecule has 0 atom stereocenters. The van der Waals surface area contributed by atoms with Crippen molar-refractivity contribution < 1.29 is 13.5 Å². The largest absolute Gasteiger partial charge is 0.490 e. The Bertz CT molecular complexity index is 615. The average Bonchev–Trinajstić information content (AvgIpc) is 2.50. The number of anilines is 1. The molecule has 0 bridgehead atoms. The van der Waals surface area contributed by atoms with Crippen molar-refractivity contribution >= 4 is 11.9 Å². The number of benzene rings is 2. The molecule has 0 saturated heterocycles. The summed E-state index contributed by atoms with van der Waals surface area (Å²) in [6.07, 6.45) is 2.13. The zero-order valence-corrected chi connectivity index (χ0v) is 11.6. The standard InChI is InChI=1S/C16H16F2N2O/c1-2-8-21-15-10-12(9-14(17)16(15)18)11-19-20-13-6-4-3-5-7-13/h3-7,9-11,20H,2,8H2,1H3. The van der Waals surface area contributed by atoms with Crippen LogP contribution in [0.4, 0.5) is 14.5 Å². The minimum absolute atomic E-state index is 0.0991. The average molecular weight is 290 g/mol. The van der Waals surface area contributed by atoms with Crippen LogP contribution in [0.5, 0.6) is 5.75 Å². The number of halogens is 2. The molecule has 5 heteroatoms. The number of hydrazone groups is 1. The first-order chi connectivity index (χ1) is 10.2. The number of para-hydroxylation sites is 1. The van der Waals surface area contributed by atoms with E-state index >= 15 is 0 Å². The van der Waals surface area contributed by atoms with E-state index in [-0.39, 0.29) is 5.75 Å². The van der Waals surface area contributed by atoms with Crippen LogP contribution in [0.25, 0.3) is 0 Å². The summed E-state index contributed by atoms with van der Waals surface area (Å²) >= 11 is 0. The molecule has 0 heterocycles. The molecule has 0 aliphatic heterocycles. The molecular formula is C16H16F2N2O. The van der Waals surface area contributed by atoms with E-state index in [0.29, 0.717) is 12.2 Å². The highest BCUT2D eigenvalue weighted by Gasteiger charge is 2.11. The van der Waals surface area contributed by atoms with Gasteiger partial charge in [0.05, 0.1) is 18.5 Å². The van der Waals surface area contributed by atoms with E-state index in [1.54, 1.807) is 0 Å². The van der Waals surface area contributed by atoms with Gasteiger partial charge in [-0.3, -0.25) is 5.43 Å². The molecule has 2 aromatic carbocycles. The van der Waals surface area contributed by atoms with E-state index in [9.17, 15) is 8.78 Å². The van der Waals surface area contributed by atoms with Crippen LogP contribution in [0.1, 0.15) is 18.9 Å². The Balaban J connectivity index is 2.10. The van der Waals surface area contributed by atoms with E-state index in [4.69, 9.17) is 4.74 Å². The second-order valence-electron chi connectivity index (χ2n) is 4.40. The van der Waals surface area contributed by atoms with Gasteiger partial charge in [0.15, 0.2) is 11.6 Å². The first-order valence-electron chi connectivity index (χ1n) is 6.66. The first kappa shape index (κ1) is 15.0. The minimum atomic E-state index is -0.975. The van der Waals surface area contributed by atoms with Crippen molar-refractivity contribution in [1.82, 2.24) is 0 Å². The fraction of sp³-hybridized carbons (Fsp3) is 0.188. The van der Waals surface area contributed by atoms with Crippen LogP contribution in [0.2, 0.25) is 0 Å². The van der Waals surface area contributed by atoms with Gasteiger partial charge in [0.25, 0.3) is 0 Å². The molecule has 1 N–H and O–H groups in total.